The molecule has 2 heterocycles. The van der Waals surface area contributed by atoms with Crippen LogP contribution in [0.15, 0.2) is 60.8 Å². The fourth-order valence-corrected chi connectivity index (χ4v) is 4.37. The summed E-state index contributed by atoms with van der Waals surface area (Å²) in [7, 11) is -3.21. The van der Waals surface area contributed by atoms with Crippen LogP contribution in [0, 0.1) is 0 Å². The van der Waals surface area contributed by atoms with Gasteiger partial charge in [-0.1, -0.05) is 36.4 Å². The molecule has 0 saturated carbocycles. The van der Waals surface area contributed by atoms with Gasteiger partial charge < -0.3 is 9.47 Å². The molecule has 1 fully saturated rings. The van der Waals surface area contributed by atoms with Crippen LogP contribution in [0.5, 0.6) is 0 Å². The van der Waals surface area contributed by atoms with Gasteiger partial charge in [0.15, 0.2) is 0 Å². The summed E-state index contributed by atoms with van der Waals surface area (Å²) in [6.07, 6.45) is 3.09. The van der Waals surface area contributed by atoms with Crippen LogP contribution in [0.25, 0.3) is 16.6 Å². The quantitative estimate of drug-likeness (QED) is 0.697. The van der Waals surface area contributed by atoms with Gasteiger partial charge in [-0.15, -0.1) is 0 Å². The molecule has 0 spiro atoms. The third-order valence-corrected chi connectivity index (χ3v) is 6.27. The number of sulfonamides is 1. The zero-order valence-corrected chi connectivity index (χ0v) is 15.9. The van der Waals surface area contributed by atoms with E-state index < -0.39 is 10.0 Å². The summed E-state index contributed by atoms with van der Waals surface area (Å²) >= 11 is 0. The zero-order valence-electron chi connectivity index (χ0n) is 15.1. The van der Waals surface area contributed by atoms with E-state index in [1.807, 2.05) is 65.4 Å². The SMILES string of the molecule is CS(=O)(=O)N1CCN(C(=O)c2cn(-c3ccccc3)c3ccccc23)CC1. The molecule has 4 rings (SSSR count). The molecule has 1 aliphatic rings. The predicted octanol–water partition coefficient (Wildman–Crippen LogP) is 2.35. The number of piperazine rings is 1. The Morgan fingerprint density at radius 1 is 0.889 bits per heavy atom. The molecule has 1 aliphatic heterocycles. The normalized spacial score (nSPS) is 16.0. The van der Waals surface area contributed by atoms with Gasteiger partial charge in [0.05, 0.1) is 17.3 Å². The van der Waals surface area contributed by atoms with Crippen molar-refractivity contribution in [2.24, 2.45) is 0 Å². The number of benzene rings is 2. The monoisotopic (exact) mass is 383 g/mol. The first-order valence-electron chi connectivity index (χ1n) is 8.85. The van der Waals surface area contributed by atoms with Gasteiger partial charge in [0.1, 0.15) is 0 Å². The molecular formula is C20H21N3O3S. The molecule has 3 aromatic rings. The molecule has 2 aromatic carbocycles. The molecule has 0 radical (unpaired) electrons. The lowest BCUT2D eigenvalue weighted by atomic mass is 10.1. The van der Waals surface area contributed by atoms with Crippen molar-refractivity contribution in [2.45, 2.75) is 0 Å². The van der Waals surface area contributed by atoms with Crippen LogP contribution in [0.2, 0.25) is 0 Å². The van der Waals surface area contributed by atoms with Gasteiger partial charge in [0, 0.05) is 43.4 Å². The first kappa shape index (κ1) is 17.8. The minimum Gasteiger partial charge on any atom is -0.336 e. The molecule has 0 unspecified atom stereocenters. The first-order valence-corrected chi connectivity index (χ1v) is 10.7. The lowest BCUT2D eigenvalue weighted by Crippen LogP contribution is -2.50. The minimum absolute atomic E-state index is 0.0611. The Bertz CT molecular complexity index is 1080. The molecule has 7 heteroatoms. The molecule has 27 heavy (non-hydrogen) atoms. The molecule has 0 aliphatic carbocycles. The summed E-state index contributed by atoms with van der Waals surface area (Å²) in [4.78, 5) is 14.9. The second-order valence-corrected chi connectivity index (χ2v) is 8.70. The van der Waals surface area contributed by atoms with Crippen molar-refractivity contribution < 1.29 is 13.2 Å². The van der Waals surface area contributed by atoms with Gasteiger partial charge in [-0.3, -0.25) is 4.79 Å². The number of hydrogen-bond acceptors (Lipinski definition) is 3. The zero-order chi connectivity index (χ0) is 19.0. The fourth-order valence-electron chi connectivity index (χ4n) is 3.55. The van der Waals surface area contributed by atoms with Gasteiger partial charge in [0.25, 0.3) is 5.91 Å². The van der Waals surface area contributed by atoms with E-state index >= 15 is 0 Å². The largest absolute Gasteiger partial charge is 0.336 e. The number of para-hydroxylation sites is 2. The van der Waals surface area contributed by atoms with Crippen molar-refractivity contribution in [3.05, 3.63) is 66.4 Å². The maximum absolute atomic E-state index is 13.2. The maximum atomic E-state index is 13.2. The van der Waals surface area contributed by atoms with Gasteiger partial charge >= 0.3 is 0 Å². The number of carbonyl (C=O) groups excluding carboxylic acids is 1. The molecule has 6 nitrogen and oxygen atoms in total. The topological polar surface area (TPSA) is 62.6 Å². The third kappa shape index (κ3) is 3.36. The Morgan fingerprint density at radius 2 is 1.52 bits per heavy atom. The molecule has 0 atom stereocenters. The van der Waals surface area contributed by atoms with Crippen LogP contribution in [0.3, 0.4) is 0 Å². The standard InChI is InChI=1S/C20H21N3O3S/c1-27(25,26)22-13-11-21(12-14-22)20(24)18-15-23(16-7-3-2-4-8-16)19-10-6-5-9-17(18)19/h2-10,15H,11-14H2,1H3. The van der Waals surface area contributed by atoms with Crippen LogP contribution in [-0.2, 0) is 10.0 Å². The maximum Gasteiger partial charge on any atom is 0.256 e. The number of nitrogens with zero attached hydrogens (tertiary/aromatic N) is 3. The van der Waals surface area contributed by atoms with Crippen molar-refractivity contribution >= 4 is 26.8 Å². The fraction of sp³-hybridized carbons (Fsp3) is 0.250. The van der Waals surface area contributed by atoms with Gasteiger partial charge in [-0.25, -0.2) is 8.42 Å². The van der Waals surface area contributed by atoms with E-state index in [1.165, 1.54) is 10.6 Å². The average molecular weight is 383 g/mol. The van der Waals surface area contributed by atoms with Crippen LogP contribution in [0.4, 0.5) is 0 Å². The number of fused-ring (bicyclic) bond motifs is 1. The van der Waals surface area contributed by atoms with Gasteiger partial charge in [-0.2, -0.15) is 4.31 Å². The smallest absolute Gasteiger partial charge is 0.256 e. The second kappa shape index (κ2) is 6.83. The van der Waals surface area contributed by atoms with E-state index in [4.69, 9.17) is 0 Å². The number of amides is 1. The highest BCUT2D eigenvalue weighted by molar-refractivity contribution is 7.88. The van der Waals surface area contributed by atoms with E-state index in [-0.39, 0.29) is 5.91 Å². The summed E-state index contributed by atoms with van der Waals surface area (Å²) in [5.41, 5.74) is 2.61. The average Bonchev–Trinajstić information content (AvgIpc) is 3.07. The Kier molecular flexibility index (Phi) is 4.49. The molecular weight excluding hydrogens is 362 g/mol. The third-order valence-electron chi connectivity index (χ3n) is 4.97. The summed E-state index contributed by atoms with van der Waals surface area (Å²) < 4.78 is 26.8. The highest BCUT2D eigenvalue weighted by Crippen LogP contribution is 2.26. The van der Waals surface area contributed by atoms with E-state index in [0.717, 1.165) is 16.6 Å². The van der Waals surface area contributed by atoms with E-state index in [1.54, 1.807) is 4.90 Å². The van der Waals surface area contributed by atoms with Crippen molar-refractivity contribution in [1.29, 1.82) is 0 Å². The number of carbonyl (C=O) groups is 1. The van der Waals surface area contributed by atoms with Crippen LogP contribution in [0.1, 0.15) is 10.4 Å². The van der Waals surface area contributed by atoms with Gasteiger partial charge in [0.2, 0.25) is 10.0 Å². The highest BCUT2D eigenvalue weighted by Gasteiger charge is 2.28. The van der Waals surface area contributed by atoms with Crippen LogP contribution in [-0.4, -0.2) is 60.5 Å². The Balaban J connectivity index is 1.68. The second-order valence-electron chi connectivity index (χ2n) is 6.72. The minimum atomic E-state index is -3.21. The van der Waals surface area contributed by atoms with E-state index in [0.29, 0.717) is 31.7 Å². The molecule has 0 N–H and O–H groups in total. The summed E-state index contributed by atoms with van der Waals surface area (Å²) in [6.45, 7) is 1.47. The first-order chi connectivity index (χ1) is 12.9. The number of aromatic nitrogens is 1. The number of rotatable bonds is 3. The lowest BCUT2D eigenvalue weighted by molar-refractivity contribution is 0.0700. The summed E-state index contributed by atoms with van der Waals surface area (Å²) in [5.74, 6) is -0.0611. The van der Waals surface area contributed by atoms with Crippen molar-refractivity contribution in [3.8, 4) is 5.69 Å². The lowest BCUT2D eigenvalue weighted by Gasteiger charge is -2.33. The summed E-state index contributed by atoms with van der Waals surface area (Å²) in [5, 5.41) is 0.900. The Hall–Kier alpha value is -2.64. The van der Waals surface area contributed by atoms with Gasteiger partial charge in [-0.05, 0) is 18.2 Å². The van der Waals surface area contributed by atoms with Crippen LogP contribution < -0.4 is 0 Å². The summed E-state index contributed by atoms with van der Waals surface area (Å²) in [6, 6.07) is 17.7. The Morgan fingerprint density at radius 3 is 2.19 bits per heavy atom. The van der Waals surface area contributed by atoms with Crippen molar-refractivity contribution in [1.82, 2.24) is 13.8 Å². The molecule has 1 saturated heterocycles. The Labute approximate surface area is 158 Å². The van der Waals surface area contributed by atoms with Crippen molar-refractivity contribution in [3.63, 3.8) is 0 Å². The van der Waals surface area contributed by atoms with E-state index in [2.05, 4.69) is 0 Å². The highest BCUT2D eigenvalue weighted by atomic mass is 32.2. The van der Waals surface area contributed by atoms with Crippen LogP contribution >= 0.6 is 0 Å². The molecule has 140 valence electrons. The van der Waals surface area contributed by atoms with Crippen molar-refractivity contribution in [2.75, 3.05) is 32.4 Å². The molecule has 1 amide bonds. The predicted molar refractivity (Wildman–Crippen MR) is 106 cm³/mol. The van der Waals surface area contributed by atoms with E-state index in [9.17, 15) is 13.2 Å². The molecule has 0 bridgehead atoms. The number of hydrogen-bond donors (Lipinski definition) is 0. The molecule has 1 aromatic heterocycles.